The molecule has 0 bridgehead atoms. The molecule has 1 N–H and O–H groups in total. The summed E-state index contributed by atoms with van der Waals surface area (Å²) < 4.78 is 6.09. The Bertz CT molecular complexity index is 278. The molecule has 1 aromatic rings. The highest BCUT2D eigenvalue weighted by Crippen LogP contribution is 2.24. The molecule has 72 valence electrons. The number of methoxy groups -OCH3 is 1. The van der Waals surface area contributed by atoms with E-state index in [1.165, 1.54) is 0 Å². The normalized spacial score (nSPS) is 10.1. The number of pyridine rings is 1. The van der Waals surface area contributed by atoms with E-state index in [0.717, 1.165) is 28.9 Å². The van der Waals surface area contributed by atoms with E-state index >= 15 is 0 Å². The number of nitrogens with one attached hydrogen (secondary N) is 1. The molecule has 0 unspecified atom stereocenters. The molecule has 3 nitrogen and oxygen atoms in total. The van der Waals surface area contributed by atoms with Crippen LogP contribution in [0.2, 0.25) is 0 Å². The summed E-state index contributed by atoms with van der Waals surface area (Å²) in [5.41, 5.74) is 1.11. The number of hydrogen-bond donors (Lipinski definition) is 1. The minimum absolute atomic E-state index is 0.863. The Morgan fingerprint density at radius 2 is 2.38 bits per heavy atom. The number of rotatable bonds is 4. The van der Waals surface area contributed by atoms with Crippen LogP contribution in [0, 0.1) is 0 Å². The molecule has 0 aliphatic heterocycles. The second kappa shape index (κ2) is 5.19. The molecule has 0 radical (unpaired) electrons. The first-order chi connectivity index (χ1) is 6.29. The predicted octanol–water partition coefficient (Wildman–Crippen LogP) is 1.61. The van der Waals surface area contributed by atoms with Gasteiger partial charge in [0.1, 0.15) is 10.4 Å². The van der Waals surface area contributed by atoms with Crippen LogP contribution in [-0.2, 0) is 6.42 Å². The van der Waals surface area contributed by atoms with Gasteiger partial charge >= 0.3 is 0 Å². The Labute approximate surface area is 86.6 Å². The largest absolute Gasteiger partial charge is 0.496 e. The summed E-state index contributed by atoms with van der Waals surface area (Å²) in [5.74, 6) is 0.886. The average Bonchev–Trinajstić information content (AvgIpc) is 2.15. The topological polar surface area (TPSA) is 34.1 Å². The van der Waals surface area contributed by atoms with Crippen molar-refractivity contribution in [2.45, 2.75) is 6.42 Å². The standard InChI is InChI=1S/C9H13BrN2O/c1-11-5-3-7-8(13-2)4-6-12-9(7)10/h4,6,11H,3,5H2,1-2H3. The van der Waals surface area contributed by atoms with Gasteiger partial charge in [-0.1, -0.05) is 0 Å². The van der Waals surface area contributed by atoms with Crippen molar-refractivity contribution in [3.63, 3.8) is 0 Å². The quantitative estimate of drug-likeness (QED) is 0.818. The van der Waals surface area contributed by atoms with Gasteiger partial charge in [-0.15, -0.1) is 0 Å². The Morgan fingerprint density at radius 3 is 3.00 bits per heavy atom. The molecule has 13 heavy (non-hydrogen) atoms. The van der Waals surface area contributed by atoms with Crippen LogP contribution in [0.25, 0.3) is 0 Å². The lowest BCUT2D eigenvalue weighted by Gasteiger charge is -2.08. The highest BCUT2D eigenvalue weighted by Gasteiger charge is 2.06. The number of halogens is 1. The van der Waals surface area contributed by atoms with Gasteiger partial charge in [-0.2, -0.15) is 0 Å². The zero-order valence-electron chi connectivity index (χ0n) is 7.80. The van der Waals surface area contributed by atoms with E-state index in [2.05, 4.69) is 26.2 Å². The van der Waals surface area contributed by atoms with E-state index < -0.39 is 0 Å². The van der Waals surface area contributed by atoms with Crippen LogP contribution < -0.4 is 10.1 Å². The fraction of sp³-hybridized carbons (Fsp3) is 0.444. The zero-order valence-corrected chi connectivity index (χ0v) is 9.39. The molecular formula is C9H13BrN2O. The average molecular weight is 245 g/mol. The van der Waals surface area contributed by atoms with Gasteiger partial charge in [-0.3, -0.25) is 0 Å². The van der Waals surface area contributed by atoms with Crippen molar-refractivity contribution in [1.82, 2.24) is 10.3 Å². The monoisotopic (exact) mass is 244 g/mol. The summed E-state index contributed by atoms with van der Waals surface area (Å²) in [7, 11) is 3.60. The van der Waals surface area contributed by atoms with Gasteiger partial charge in [0.2, 0.25) is 0 Å². The van der Waals surface area contributed by atoms with E-state index in [1.54, 1.807) is 13.3 Å². The molecule has 4 heteroatoms. The first-order valence-corrected chi connectivity index (χ1v) is 4.91. The molecule has 0 spiro atoms. The van der Waals surface area contributed by atoms with E-state index in [9.17, 15) is 0 Å². The van der Waals surface area contributed by atoms with Crippen LogP contribution in [-0.4, -0.2) is 25.7 Å². The number of nitrogens with zero attached hydrogens (tertiary/aromatic N) is 1. The predicted molar refractivity (Wildman–Crippen MR) is 56.1 cm³/mol. The maximum atomic E-state index is 5.23. The highest BCUT2D eigenvalue weighted by molar-refractivity contribution is 9.10. The van der Waals surface area contributed by atoms with Crippen molar-refractivity contribution < 1.29 is 4.74 Å². The SMILES string of the molecule is CNCCc1c(OC)ccnc1Br. The lowest BCUT2D eigenvalue weighted by Crippen LogP contribution is -2.11. The van der Waals surface area contributed by atoms with Gasteiger partial charge in [-0.05, 0) is 42.0 Å². The molecular weight excluding hydrogens is 232 g/mol. The van der Waals surface area contributed by atoms with Crippen molar-refractivity contribution in [2.24, 2.45) is 0 Å². The minimum atomic E-state index is 0.863. The lowest BCUT2D eigenvalue weighted by atomic mass is 10.2. The number of hydrogen-bond acceptors (Lipinski definition) is 3. The molecule has 0 aromatic carbocycles. The molecule has 0 fully saturated rings. The third kappa shape index (κ3) is 2.67. The summed E-state index contributed by atoms with van der Waals surface area (Å²) in [6, 6.07) is 1.87. The van der Waals surface area contributed by atoms with E-state index in [1.807, 2.05) is 13.1 Å². The summed E-state index contributed by atoms with van der Waals surface area (Å²) in [6.45, 7) is 0.917. The third-order valence-corrected chi connectivity index (χ3v) is 2.49. The minimum Gasteiger partial charge on any atom is -0.496 e. The Kier molecular flexibility index (Phi) is 4.18. The smallest absolute Gasteiger partial charge is 0.126 e. The number of aromatic nitrogens is 1. The third-order valence-electron chi connectivity index (χ3n) is 1.81. The second-order valence-corrected chi connectivity index (χ2v) is 3.39. The van der Waals surface area contributed by atoms with Crippen molar-refractivity contribution in [1.29, 1.82) is 0 Å². The zero-order chi connectivity index (χ0) is 9.68. The molecule has 0 aliphatic rings. The highest BCUT2D eigenvalue weighted by atomic mass is 79.9. The maximum Gasteiger partial charge on any atom is 0.126 e. The first-order valence-electron chi connectivity index (χ1n) is 4.11. The molecule has 0 saturated carbocycles. The summed E-state index contributed by atoms with van der Waals surface area (Å²) in [5, 5.41) is 3.09. The summed E-state index contributed by atoms with van der Waals surface area (Å²) >= 11 is 3.40. The van der Waals surface area contributed by atoms with Gasteiger partial charge in [-0.25, -0.2) is 4.98 Å². The molecule has 1 heterocycles. The van der Waals surface area contributed by atoms with Crippen LogP contribution in [0.3, 0.4) is 0 Å². The molecule has 1 aromatic heterocycles. The number of likely N-dealkylation sites (N-methyl/N-ethyl adjacent to an activating group) is 1. The fourth-order valence-corrected chi connectivity index (χ4v) is 1.63. The van der Waals surface area contributed by atoms with Crippen LogP contribution in [0.15, 0.2) is 16.9 Å². The molecule has 0 atom stereocenters. The van der Waals surface area contributed by atoms with Gasteiger partial charge in [0.15, 0.2) is 0 Å². The second-order valence-electron chi connectivity index (χ2n) is 2.64. The van der Waals surface area contributed by atoms with Gasteiger partial charge in [0.25, 0.3) is 0 Å². The van der Waals surface area contributed by atoms with Gasteiger partial charge < -0.3 is 10.1 Å². The Hall–Kier alpha value is -0.610. The van der Waals surface area contributed by atoms with E-state index in [4.69, 9.17) is 4.74 Å². The van der Waals surface area contributed by atoms with Crippen LogP contribution >= 0.6 is 15.9 Å². The molecule has 0 saturated heterocycles. The molecule has 0 amide bonds. The van der Waals surface area contributed by atoms with Crippen LogP contribution in [0.1, 0.15) is 5.56 Å². The molecule has 0 aliphatic carbocycles. The van der Waals surface area contributed by atoms with Gasteiger partial charge in [0, 0.05) is 11.8 Å². The maximum absolute atomic E-state index is 5.23. The van der Waals surface area contributed by atoms with Crippen molar-refractivity contribution in [2.75, 3.05) is 20.7 Å². The van der Waals surface area contributed by atoms with E-state index in [0.29, 0.717) is 0 Å². The molecule has 1 rings (SSSR count). The van der Waals surface area contributed by atoms with Gasteiger partial charge in [0.05, 0.1) is 7.11 Å². The summed E-state index contributed by atoms with van der Waals surface area (Å²) in [6.07, 6.45) is 2.64. The van der Waals surface area contributed by atoms with Crippen molar-refractivity contribution >= 4 is 15.9 Å². The van der Waals surface area contributed by atoms with Crippen molar-refractivity contribution in [3.8, 4) is 5.75 Å². The van der Waals surface area contributed by atoms with Crippen LogP contribution in [0.5, 0.6) is 5.75 Å². The summed E-state index contributed by atoms with van der Waals surface area (Å²) in [4.78, 5) is 4.15. The Balaban J connectivity index is 2.87. The number of ether oxygens (including phenoxy) is 1. The van der Waals surface area contributed by atoms with Crippen LogP contribution in [0.4, 0.5) is 0 Å². The van der Waals surface area contributed by atoms with E-state index in [-0.39, 0.29) is 0 Å². The lowest BCUT2D eigenvalue weighted by molar-refractivity contribution is 0.408. The van der Waals surface area contributed by atoms with Crippen molar-refractivity contribution in [3.05, 3.63) is 22.4 Å². The fourth-order valence-electron chi connectivity index (χ4n) is 1.12. The first kappa shape index (κ1) is 10.5. The Morgan fingerprint density at radius 1 is 1.62 bits per heavy atom.